The minimum atomic E-state index is -0.0745. The summed E-state index contributed by atoms with van der Waals surface area (Å²) in [5, 5.41) is 11.3. The van der Waals surface area contributed by atoms with Gasteiger partial charge in [-0.25, -0.2) is 4.99 Å². The highest BCUT2D eigenvalue weighted by atomic mass is 15.2. The minimum Gasteiger partial charge on any atom is -0.344 e. The van der Waals surface area contributed by atoms with Crippen molar-refractivity contribution in [2.45, 2.75) is 6.04 Å². The van der Waals surface area contributed by atoms with Gasteiger partial charge in [0.25, 0.3) is 0 Å². The maximum Gasteiger partial charge on any atom is 0.209 e. The molecule has 1 unspecified atom stereocenters. The van der Waals surface area contributed by atoms with Crippen LogP contribution in [-0.4, -0.2) is 15.1 Å². The first kappa shape index (κ1) is 32.5. The maximum atomic E-state index is 5.30. The molecule has 1 aliphatic rings. The Morgan fingerprint density at radius 3 is 1.66 bits per heavy atom. The predicted octanol–water partition coefficient (Wildman–Crippen LogP) is 13.6. The zero-order valence-electron chi connectivity index (χ0n) is 31.5. The highest BCUT2D eigenvalue weighted by Gasteiger charge is 2.26. The molecule has 0 radical (unpaired) electrons. The van der Waals surface area contributed by atoms with Crippen molar-refractivity contribution in [1.29, 1.82) is 0 Å². The van der Waals surface area contributed by atoms with Crippen molar-refractivity contribution in [3.8, 4) is 27.9 Å². The Hall–Kier alpha value is -7.69. The lowest BCUT2D eigenvalue weighted by atomic mass is 9.94. The maximum absolute atomic E-state index is 5.30. The van der Waals surface area contributed by atoms with Gasteiger partial charge in [0.1, 0.15) is 0 Å². The SMILES string of the molecule is c1ccc(-n2c3ccccc3c3cc(-c4ccc5c(c4)c4ccccc4n5C4=Nc5ccccc5C(c5ccc(-c6ccc7ccccc7c6)cc5)N4)ccc32)cc1. The molecule has 1 N–H and O–H groups in total. The van der Waals surface area contributed by atoms with Crippen molar-refractivity contribution in [3.63, 3.8) is 0 Å². The number of hydrogen-bond donors (Lipinski definition) is 1. The minimum absolute atomic E-state index is 0.0745. The van der Waals surface area contributed by atoms with Gasteiger partial charge in [-0.3, -0.25) is 4.57 Å². The average molecular weight is 741 g/mol. The number of aliphatic imine (C=N–C) groups is 1. The standard InChI is InChI=1S/C54H36N4/c1-2-14-42(15-3-1)57-49-20-10-7-16-43(49)46-33-40(28-30-51(46)57)41-29-31-52-47(34-41)44-17-8-11-21-50(44)58(52)54-55-48-19-9-6-18-45(48)53(56-54)37-25-22-36(23-26-37)39-27-24-35-12-4-5-13-38(35)32-39/h1-34,53H,(H,55,56). The Morgan fingerprint density at radius 1 is 0.379 bits per heavy atom. The number of nitrogens with zero attached hydrogens (tertiary/aromatic N) is 3. The largest absolute Gasteiger partial charge is 0.344 e. The second kappa shape index (κ2) is 12.9. The van der Waals surface area contributed by atoms with Crippen LogP contribution in [0.3, 0.4) is 0 Å². The van der Waals surface area contributed by atoms with Crippen LogP contribution in [0, 0.1) is 0 Å². The highest BCUT2D eigenvalue weighted by Crippen LogP contribution is 2.40. The van der Waals surface area contributed by atoms with Crippen LogP contribution in [0.5, 0.6) is 0 Å². The predicted molar refractivity (Wildman–Crippen MR) is 243 cm³/mol. The Bertz CT molecular complexity index is 3420. The van der Waals surface area contributed by atoms with E-state index in [0.29, 0.717) is 0 Å². The number of benzene rings is 9. The van der Waals surface area contributed by atoms with Crippen LogP contribution in [-0.2, 0) is 0 Å². The Balaban J connectivity index is 0.952. The molecule has 0 spiro atoms. The molecule has 0 amide bonds. The molecule has 12 rings (SSSR count). The van der Waals surface area contributed by atoms with E-state index in [4.69, 9.17) is 4.99 Å². The van der Waals surface area contributed by atoms with Gasteiger partial charge < -0.3 is 9.88 Å². The van der Waals surface area contributed by atoms with Gasteiger partial charge in [-0.15, -0.1) is 0 Å². The molecule has 2 aromatic heterocycles. The topological polar surface area (TPSA) is 34.2 Å². The zero-order chi connectivity index (χ0) is 38.2. The summed E-state index contributed by atoms with van der Waals surface area (Å²) in [4.78, 5) is 5.30. The number of nitrogens with one attached hydrogen (secondary N) is 1. The summed E-state index contributed by atoms with van der Waals surface area (Å²) >= 11 is 0. The quantitative estimate of drug-likeness (QED) is 0.192. The molecule has 0 bridgehead atoms. The summed E-state index contributed by atoms with van der Waals surface area (Å²) < 4.78 is 4.67. The van der Waals surface area contributed by atoms with Gasteiger partial charge in [0.05, 0.1) is 33.8 Å². The van der Waals surface area contributed by atoms with E-state index < -0.39 is 0 Å². The fourth-order valence-electron chi connectivity index (χ4n) is 9.19. The van der Waals surface area contributed by atoms with E-state index in [1.54, 1.807) is 0 Å². The molecule has 9 aromatic carbocycles. The first-order valence-corrected chi connectivity index (χ1v) is 19.9. The fourth-order valence-corrected chi connectivity index (χ4v) is 9.19. The highest BCUT2D eigenvalue weighted by molar-refractivity contribution is 6.16. The van der Waals surface area contributed by atoms with Gasteiger partial charge in [0.2, 0.25) is 5.96 Å². The van der Waals surface area contributed by atoms with Crippen LogP contribution >= 0.6 is 0 Å². The monoisotopic (exact) mass is 740 g/mol. The van der Waals surface area contributed by atoms with E-state index in [1.807, 2.05) is 0 Å². The zero-order valence-corrected chi connectivity index (χ0v) is 31.5. The van der Waals surface area contributed by atoms with Gasteiger partial charge in [0, 0.05) is 32.8 Å². The normalized spacial score (nSPS) is 13.9. The average Bonchev–Trinajstić information content (AvgIpc) is 3.81. The molecule has 0 saturated heterocycles. The second-order valence-corrected chi connectivity index (χ2v) is 15.3. The van der Waals surface area contributed by atoms with Gasteiger partial charge in [-0.2, -0.15) is 0 Å². The van der Waals surface area contributed by atoms with E-state index in [9.17, 15) is 0 Å². The molecular formula is C54H36N4. The van der Waals surface area contributed by atoms with E-state index in [-0.39, 0.29) is 6.04 Å². The molecule has 1 aliphatic heterocycles. The van der Waals surface area contributed by atoms with Gasteiger partial charge in [-0.05, 0) is 99.3 Å². The van der Waals surface area contributed by atoms with Crippen LogP contribution in [0.1, 0.15) is 17.2 Å². The van der Waals surface area contributed by atoms with Crippen LogP contribution in [0.4, 0.5) is 5.69 Å². The Labute approximate surface area is 335 Å². The van der Waals surface area contributed by atoms with Crippen LogP contribution in [0.2, 0.25) is 0 Å². The van der Waals surface area contributed by atoms with E-state index >= 15 is 0 Å². The van der Waals surface area contributed by atoms with Crippen molar-refractivity contribution >= 4 is 66.0 Å². The van der Waals surface area contributed by atoms with Crippen molar-refractivity contribution in [2.75, 3.05) is 0 Å². The summed E-state index contributed by atoms with van der Waals surface area (Å²) in [7, 11) is 0. The van der Waals surface area contributed by atoms with Crippen molar-refractivity contribution in [3.05, 3.63) is 217 Å². The molecular weight excluding hydrogens is 705 g/mol. The van der Waals surface area contributed by atoms with E-state index in [2.05, 4.69) is 221 Å². The molecule has 0 saturated carbocycles. The van der Waals surface area contributed by atoms with Crippen LogP contribution in [0.15, 0.2) is 211 Å². The fraction of sp³-hybridized carbons (Fsp3) is 0.0185. The summed E-state index contributed by atoms with van der Waals surface area (Å²) in [5.74, 6) is 0.816. The molecule has 4 nitrogen and oxygen atoms in total. The first-order chi connectivity index (χ1) is 28.7. The van der Waals surface area contributed by atoms with Gasteiger partial charge in [-0.1, -0.05) is 146 Å². The summed E-state index contributed by atoms with van der Waals surface area (Å²) in [6, 6.07) is 74.5. The molecule has 1 atom stereocenters. The van der Waals surface area contributed by atoms with Crippen molar-refractivity contribution in [1.82, 2.24) is 14.5 Å². The molecule has 0 fully saturated rings. The summed E-state index contributed by atoms with van der Waals surface area (Å²) in [5.41, 5.74) is 13.9. The van der Waals surface area contributed by atoms with Crippen molar-refractivity contribution < 1.29 is 0 Å². The first-order valence-electron chi connectivity index (χ1n) is 19.9. The number of fused-ring (bicyclic) bond motifs is 8. The van der Waals surface area contributed by atoms with Crippen LogP contribution < -0.4 is 5.32 Å². The molecule has 58 heavy (non-hydrogen) atoms. The van der Waals surface area contributed by atoms with Crippen molar-refractivity contribution in [2.24, 2.45) is 4.99 Å². The third-order valence-electron chi connectivity index (χ3n) is 12.0. The number of rotatable bonds is 4. The number of para-hydroxylation sites is 4. The lowest BCUT2D eigenvalue weighted by Crippen LogP contribution is -2.36. The third kappa shape index (κ3) is 5.12. The molecule has 3 heterocycles. The number of aromatic nitrogens is 2. The summed E-state index contributed by atoms with van der Waals surface area (Å²) in [6.07, 6.45) is 0. The second-order valence-electron chi connectivity index (χ2n) is 15.3. The van der Waals surface area contributed by atoms with E-state index in [1.165, 1.54) is 71.2 Å². The molecule has 0 aliphatic carbocycles. The molecule has 4 heteroatoms. The Morgan fingerprint density at radius 2 is 0.914 bits per heavy atom. The number of hydrogen-bond acceptors (Lipinski definition) is 2. The lowest BCUT2D eigenvalue weighted by Gasteiger charge is -2.28. The summed E-state index contributed by atoms with van der Waals surface area (Å²) in [6.45, 7) is 0. The van der Waals surface area contributed by atoms with Gasteiger partial charge >= 0.3 is 0 Å². The molecule has 11 aromatic rings. The third-order valence-corrected chi connectivity index (χ3v) is 12.0. The lowest BCUT2D eigenvalue weighted by molar-refractivity contribution is 0.731. The smallest absolute Gasteiger partial charge is 0.209 e. The van der Waals surface area contributed by atoms with Crippen LogP contribution in [0.25, 0.3) is 82.3 Å². The Kier molecular flexibility index (Phi) is 7.26. The van der Waals surface area contributed by atoms with Gasteiger partial charge in [0.15, 0.2) is 0 Å². The molecule has 272 valence electrons. The van der Waals surface area contributed by atoms with E-state index in [0.717, 1.165) is 33.9 Å².